The van der Waals surface area contributed by atoms with Gasteiger partial charge in [-0.25, -0.2) is 9.59 Å². The number of hydrogen-bond acceptors (Lipinski definition) is 3. The van der Waals surface area contributed by atoms with Gasteiger partial charge in [0, 0.05) is 31.1 Å². The first-order valence-corrected chi connectivity index (χ1v) is 6.11. The Bertz CT molecular complexity index is 691. The molecule has 0 aliphatic rings. The summed E-state index contributed by atoms with van der Waals surface area (Å²) in [6.07, 6.45) is 4.20. The van der Waals surface area contributed by atoms with E-state index in [2.05, 4.69) is 15.7 Å². The molecule has 7 nitrogen and oxygen atoms in total. The zero-order valence-corrected chi connectivity index (χ0v) is 11.3. The summed E-state index contributed by atoms with van der Waals surface area (Å²) in [7, 11) is 1.75. The zero-order chi connectivity index (χ0) is 15.2. The smallest absolute Gasteiger partial charge is 0.328 e. The Balaban J connectivity index is 2.00. The number of aliphatic carboxylic acids is 1. The van der Waals surface area contributed by atoms with Crippen LogP contribution < -0.4 is 10.6 Å². The maximum absolute atomic E-state index is 11.8. The quantitative estimate of drug-likeness (QED) is 0.750. The van der Waals surface area contributed by atoms with E-state index in [-0.39, 0.29) is 0 Å². The number of nitrogens with one attached hydrogen (secondary N) is 2. The van der Waals surface area contributed by atoms with Crippen LogP contribution in [-0.4, -0.2) is 26.9 Å². The van der Waals surface area contributed by atoms with Gasteiger partial charge in [-0.15, -0.1) is 0 Å². The van der Waals surface area contributed by atoms with Crippen molar-refractivity contribution in [2.24, 2.45) is 7.05 Å². The van der Waals surface area contributed by atoms with Gasteiger partial charge in [0.15, 0.2) is 5.82 Å². The molecule has 0 aliphatic carbocycles. The number of amides is 2. The third-order valence-corrected chi connectivity index (χ3v) is 2.52. The molecule has 7 heteroatoms. The van der Waals surface area contributed by atoms with Crippen LogP contribution >= 0.6 is 0 Å². The molecule has 0 radical (unpaired) electrons. The number of urea groups is 1. The number of carbonyl (C=O) groups is 2. The van der Waals surface area contributed by atoms with E-state index in [4.69, 9.17) is 5.11 Å². The molecule has 0 aliphatic heterocycles. The molecule has 1 heterocycles. The molecule has 1 aromatic carbocycles. The van der Waals surface area contributed by atoms with Gasteiger partial charge in [-0.1, -0.05) is 12.1 Å². The van der Waals surface area contributed by atoms with Crippen LogP contribution in [-0.2, 0) is 11.8 Å². The number of carbonyl (C=O) groups excluding carboxylic acids is 1. The second-order valence-electron chi connectivity index (χ2n) is 4.25. The van der Waals surface area contributed by atoms with Crippen molar-refractivity contribution in [3.63, 3.8) is 0 Å². The van der Waals surface area contributed by atoms with E-state index in [1.165, 1.54) is 6.08 Å². The molecule has 108 valence electrons. The normalized spacial score (nSPS) is 10.5. The molecular weight excluding hydrogens is 272 g/mol. The van der Waals surface area contributed by atoms with Crippen LogP contribution in [0.25, 0.3) is 6.08 Å². The van der Waals surface area contributed by atoms with Crippen LogP contribution in [0.2, 0.25) is 0 Å². The minimum atomic E-state index is -1.03. The average molecular weight is 286 g/mol. The summed E-state index contributed by atoms with van der Waals surface area (Å²) < 4.78 is 1.58. The summed E-state index contributed by atoms with van der Waals surface area (Å²) in [5.41, 5.74) is 1.23. The van der Waals surface area contributed by atoms with Crippen molar-refractivity contribution in [1.82, 2.24) is 9.78 Å². The molecule has 0 spiro atoms. The van der Waals surface area contributed by atoms with E-state index in [1.54, 1.807) is 48.3 Å². The summed E-state index contributed by atoms with van der Waals surface area (Å²) in [5.74, 6) is -0.585. The molecule has 0 fully saturated rings. The fraction of sp³-hybridized carbons (Fsp3) is 0.0714. The first kappa shape index (κ1) is 14.3. The maximum atomic E-state index is 11.8. The average Bonchev–Trinajstić information content (AvgIpc) is 2.82. The van der Waals surface area contributed by atoms with Gasteiger partial charge >= 0.3 is 12.0 Å². The largest absolute Gasteiger partial charge is 0.478 e. The number of aromatic nitrogens is 2. The number of carboxylic acids is 1. The Morgan fingerprint density at radius 2 is 2.10 bits per heavy atom. The third-order valence-electron chi connectivity index (χ3n) is 2.52. The van der Waals surface area contributed by atoms with E-state index in [0.29, 0.717) is 17.1 Å². The highest BCUT2D eigenvalue weighted by molar-refractivity contribution is 5.99. The summed E-state index contributed by atoms with van der Waals surface area (Å²) in [5, 5.41) is 17.8. The standard InChI is InChI=1S/C14H14N4O3/c1-18-8-7-12(17-18)16-14(21)15-11-4-2-3-10(9-11)5-6-13(19)20/h2-9H,1H3,(H,19,20)(H2,15,16,17,21)/b6-5+. The molecule has 0 unspecified atom stereocenters. The lowest BCUT2D eigenvalue weighted by Gasteiger charge is -2.06. The van der Waals surface area contributed by atoms with Gasteiger partial charge in [-0.2, -0.15) is 5.10 Å². The Morgan fingerprint density at radius 3 is 2.76 bits per heavy atom. The van der Waals surface area contributed by atoms with E-state index in [1.807, 2.05) is 0 Å². The highest BCUT2D eigenvalue weighted by atomic mass is 16.4. The number of carboxylic acid groups (broad SMARTS) is 1. The lowest BCUT2D eigenvalue weighted by atomic mass is 10.2. The second kappa shape index (κ2) is 6.38. The SMILES string of the molecule is Cn1ccc(NC(=O)Nc2cccc(/C=C/C(=O)O)c2)n1. The van der Waals surface area contributed by atoms with Crippen LogP contribution in [0, 0.1) is 0 Å². The molecule has 0 saturated carbocycles. The van der Waals surface area contributed by atoms with E-state index < -0.39 is 12.0 Å². The fourth-order valence-corrected chi connectivity index (χ4v) is 1.65. The van der Waals surface area contributed by atoms with Crippen molar-refractivity contribution in [3.8, 4) is 0 Å². The first-order chi connectivity index (χ1) is 10.0. The lowest BCUT2D eigenvalue weighted by Crippen LogP contribution is -2.19. The second-order valence-corrected chi connectivity index (χ2v) is 4.25. The number of hydrogen-bond donors (Lipinski definition) is 3. The topological polar surface area (TPSA) is 96.2 Å². The Hall–Kier alpha value is -3.09. The van der Waals surface area contributed by atoms with E-state index >= 15 is 0 Å². The molecule has 0 bridgehead atoms. The summed E-state index contributed by atoms with van der Waals surface area (Å²) in [6.45, 7) is 0. The predicted molar refractivity (Wildman–Crippen MR) is 79.0 cm³/mol. The van der Waals surface area contributed by atoms with E-state index in [9.17, 15) is 9.59 Å². The maximum Gasteiger partial charge on any atom is 0.328 e. The minimum absolute atomic E-state index is 0.423. The van der Waals surface area contributed by atoms with Gasteiger partial charge in [0.2, 0.25) is 0 Å². The molecule has 2 amide bonds. The number of rotatable bonds is 4. The van der Waals surface area contributed by atoms with Crippen LogP contribution in [0.1, 0.15) is 5.56 Å². The molecule has 0 saturated heterocycles. The first-order valence-electron chi connectivity index (χ1n) is 6.11. The fourth-order valence-electron chi connectivity index (χ4n) is 1.65. The van der Waals surface area contributed by atoms with Gasteiger partial charge in [-0.3, -0.25) is 10.00 Å². The molecule has 1 aromatic heterocycles. The number of aryl methyl sites for hydroxylation is 1. The third kappa shape index (κ3) is 4.50. The molecule has 2 aromatic rings. The van der Waals surface area contributed by atoms with Crippen LogP contribution in [0.5, 0.6) is 0 Å². The van der Waals surface area contributed by atoms with Crippen LogP contribution in [0.4, 0.5) is 16.3 Å². The minimum Gasteiger partial charge on any atom is -0.478 e. The van der Waals surface area contributed by atoms with Gasteiger partial charge in [-0.05, 0) is 23.8 Å². The Labute approximate surface area is 120 Å². The molecule has 0 atom stereocenters. The molecular formula is C14H14N4O3. The Kier molecular flexibility index (Phi) is 4.35. The number of anilines is 2. The van der Waals surface area contributed by atoms with Crippen molar-refractivity contribution in [2.45, 2.75) is 0 Å². The van der Waals surface area contributed by atoms with Crippen LogP contribution in [0.15, 0.2) is 42.6 Å². The van der Waals surface area contributed by atoms with Crippen molar-refractivity contribution in [1.29, 1.82) is 0 Å². The highest BCUT2D eigenvalue weighted by Gasteiger charge is 2.04. The monoisotopic (exact) mass is 286 g/mol. The summed E-state index contributed by atoms with van der Waals surface area (Å²) in [4.78, 5) is 22.2. The number of benzene rings is 1. The zero-order valence-electron chi connectivity index (χ0n) is 11.3. The van der Waals surface area contributed by atoms with Gasteiger partial charge in [0.1, 0.15) is 0 Å². The van der Waals surface area contributed by atoms with Gasteiger partial charge in [0.25, 0.3) is 0 Å². The highest BCUT2D eigenvalue weighted by Crippen LogP contribution is 2.12. The van der Waals surface area contributed by atoms with Crippen molar-refractivity contribution < 1.29 is 14.7 Å². The predicted octanol–water partition coefficient (Wildman–Crippen LogP) is 2.16. The van der Waals surface area contributed by atoms with Gasteiger partial charge < -0.3 is 10.4 Å². The lowest BCUT2D eigenvalue weighted by molar-refractivity contribution is -0.131. The summed E-state index contributed by atoms with van der Waals surface area (Å²) >= 11 is 0. The van der Waals surface area contributed by atoms with Crippen LogP contribution in [0.3, 0.4) is 0 Å². The molecule has 2 rings (SSSR count). The van der Waals surface area contributed by atoms with Crippen molar-refractivity contribution in [2.75, 3.05) is 10.6 Å². The Morgan fingerprint density at radius 1 is 1.29 bits per heavy atom. The summed E-state index contributed by atoms with van der Waals surface area (Å²) in [6, 6.07) is 8.08. The number of nitrogens with zero attached hydrogens (tertiary/aromatic N) is 2. The molecule has 3 N–H and O–H groups in total. The van der Waals surface area contributed by atoms with Crippen molar-refractivity contribution in [3.05, 3.63) is 48.2 Å². The van der Waals surface area contributed by atoms with Gasteiger partial charge in [0.05, 0.1) is 0 Å². The van der Waals surface area contributed by atoms with Crippen molar-refractivity contribution >= 4 is 29.6 Å². The molecule has 21 heavy (non-hydrogen) atoms. The van der Waals surface area contributed by atoms with E-state index in [0.717, 1.165) is 6.08 Å².